The molecule has 12 heavy (non-hydrogen) atoms. The van der Waals surface area contributed by atoms with Crippen LogP contribution in [0, 0.1) is 5.41 Å². The molecule has 0 aromatic carbocycles. The molecule has 0 saturated carbocycles. The van der Waals surface area contributed by atoms with Crippen LogP contribution in [0.2, 0.25) is 0 Å². The van der Waals surface area contributed by atoms with Crippen molar-refractivity contribution in [3.8, 4) is 0 Å². The lowest BCUT2D eigenvalue weighted by Crippen LogP contribution is -2.44. The first-order valence-electron chi connectivity index (χ1n) is 4.03. The molecule has 1 fully saturated rings. The van der Waals surface area contributed by atoms with E-state index in [1.165, 1.54) is 5.01 Å². The molecule has 1 saturated heterocycles. The average molecular weight is 170 g/mol. The molecule has 0 atom stereocenters. The Bertz CT molecular complexity index is 218. The van der Waals surface area contributed by atoms with Gasteiger partial charge >= 0.3 is 0 Å². The molecule has 4 heteroatoms. The van der Waals surface area contributed by atoms with Crippen molar-refractivity contribution < 1.29 is 9.59 Å². The Labute approximate surface area is 71.9 Å². The number of rotatable bonds is 0. The van der Waals surface area contributed by atoms with Crippen molar-refractivity contribution >= 4 is 11.8 Å². The fourth-order valence-electron chi connectivity index (χ4n) is 1.03. The highest BCUT2D eigenvalue weighted by atomic mass is 16.2. The van der Waals surface area contributed by atoms with Crippen molar-refractivity contribution in [2.75, 3.05) is 6.54 Å². The minimum absolute atomic E-state index is 0.0339. The Hall–Kier alpha value is -1.06. The standard InChI is InChI=1S/C8H14N2O2/c1-8(2,3)7(12)10-5-4-6(11)9-10/h4-5H2,1-3H3,(H,9,11). The molecular formula is C8H14N2O2. The molecule has 0 unspecified atom stereocenters. The summed E-state index contributed by atoms with van der Waals surface area (Å²) in [5.41, 5.74) is 2.09. The van der Waals surface area contributed by atoms with Crippen molar-refractivity contribution in [2.45, 2.75) is 27.2 Å². The summed E-state index contributed by atoms with van der Waals surface area (Å²) in [7, 11) is 0. The Morgan fingerprint density at radius 1 is 1.50 bits per heavy atom. The second-order valence-corrected chi connectivity index (χ2v) is 3.99. The zero-order chi connectivity index (χ0) is 9.35. The first kappa shape index (κ1) is 9.03. The van der Waals surface area contributed by atoms with Gasteiger partial charge in [-0.25, -0.2) is 0 Å². The van der Waals surface area contributed by atoms with Crippen molar-refractivity contribution in [1.29, 1.82) is 0 Å². The van der Waals surface area contributed by atoms with Crippen LogP contribution in [0.5, 0.6) is 0 Å². The van der Waals surface area contributed by atoms with Crippen LogP contribution in [-0.2, 0) is 9.59 Å². The maximum atomic E-state index is 11.5. The van der Waals surface area contributed by atoms with Gasteiger partial charge in [-0.3, -0.25) is 20.0 Å². The van der Waals surface area contributed by atoms with Crippen molar-refractivity contribution in [2.24, 2.45) is 5.41 Å². The van der Waals surface area contributed by atoms with Crippen LogP contribution in [-0.4, -0.2) is 23.4 Å². The molecule has 1 N–H and O–H groups in total. The van der Waals surface area contributed by atoms with Gasteiger partial charge in [0.1, 0.15) is 0 Å². The molecule has 0 radical (unpaired) electrons. The normalized spacial score (nSPS) is 17.9. The maximum Gasteiger partial charge on any atom is 0.246 e. The first-order valence-corrected chi connectivity index (χ1v) is 4.03. The van der Waals surface area contributed by atoms with Crippen molar-refractivity contribution in [1.82, 2.24) is 10.4 Å². The summed E-state index contributed by atoms with van der Waals surface area (Å²) in [4.78, 5) is 22.3. The van der Waals surface area contributed by atoms with E-state index in [2.05, 4.69) is 5.43 Å². The van der Waals surface area contributed by atoms with Crippen molar-refractivity contribution in [3.63, 3.8) is 0 Å². The third-order valence-corrected chi connectivity index (χ3v) is 1.71. The van der Waals surface area contributed by atoms with Crippen LogP contribution in [0.25, 0.3) is 0 Å². The number of nitrogens with zero attached hydrogens (tertiary/aromatic N) is 1. The van der Waals surface area contributed by atoms with Crippen LogP contribution < -0.4 is 5.43 Å². The number of carbonyl (C=O) groups excluding carboxylic acids is 2. The number of hydrazine groups is 1. The van der Waals surface area contributed by atoms with E-state index in [0.717, 1.165) is 0 Å². The van der Waals surface area contributed by atoms with Crippen LogP contribution >= 0.6 is 0 Å². The highest BCUT2D eigenvalue weighted by Crippen LogP contribution is 2.17. The van der Waals surface area contributed by atoms with Crippen LogP contribution in [0.3, 0.4) is 0 Å². The summed E-state index contributed by atoms with van der Waals surface area (Å²) in [6.45, 7) is 5.99. The topological polar surface area (TPSA) is 49.4 Å². The summed E-state index contributed by atoms with van der Waals surface area (Å²) < 4.78 is 0. The Morgan fingerprint density at radius 2 is 2.08 bits per heavy atom. The van der Waals surface area contributed by atoms with E-state index in [4.69, 9.17) is 0 Å². The summed E-state index contributed by atoms with van der Waals surface area (Å²) in [5.74, 6) is -0.110. The molecule has 68 valence electrons. The smallest absolute Gasteiger partial charge is 0.246 e. The monoisotopic (exact) mass is 170 g/mol. The number of hydrogen-bond donors (Lipinski definition) is 1. The van der Waals surface area contributed by atoms with Crippen LogP contribution in [0.1, 0.15) is 27.2 Å². The third kappa shape index (κ3) is 1.75. The van der Waals surface area contributed by atoms with Gasteiger partial charge in [0.15, 0.2) is 0 Å². The van der Waals surface area contributed by atoms with Crippen LogP contribution in [0.15, 0.2) is 0 Å². The SMILES string of the molecule is CC(C)(C)C(=O)N1CCC(=O)N1. The summed E-state index contributed by atoms with van der Waals surface area (Å²) in [6.07, 6.45) is 0.418. The Morgan fingerprint density at radius 3 is 2.42 bits per heavy atom. The quantitative estimate of drug-likeness (QED) is 0.568. The first-order chi connectivity index (χ1) is 5.41. The molecule has 0 bridgehead atoms. The zero-order valence-corrected chi connectivity index (χ0v) is 7.68. The fourth-order valence-corrected chi connectivity index (χ4v) is 1.03. The van der Waals surface area contributed by atoms with E-state index in [9.17, 15) is 9.59 Å². The van der Waals surface area contributed by atoms with E-state index in [-0.39, 0.29) is 11.8 Å². The third-order valence-electron chi connectivity index (χ3n) is 1.71. The predicted octanol–water partition coefficient (Wildman–Crippen LogP) is 0.296. The van der Waals surface area contributed by atoms with E-state index >= 15 is 0 Å². The maximum absolute atomic E-state index is 11.5. The minimum Gasteiger partial charge on any atom is -0.273 e. The molecule has 1 aliphatic rings. The van der Waals surface area contributed by atoms with Gasteiger partial charge in [0.2, 0.25) is 11.8 Å². The van der Waals surface area contributed by atoms with Gasteiger partial charge in [-0.15, -0.1) is 0 Å². The van der Waals surface area contributed by atoms with E-state index in [0.29, 0.717) is 13.0 Å². The highest BCUT2D eigenvalue weighted by Gasteiger charge is 2.31. The van der Waals surface area contributed by atoms with E-state index in [1.807, 2.05) is 20.8 Å². The summed E-state index contributed by atoms with van der Waals surface area (Å²) >= 11 is 0. The minimum atomic E-state index is -0.419. The molecule has 0 aromatic heterocycles. The fraction of sp³-hybridized carbons (Fsp3) is 0.750. The largest absolute Gasteiger partial charge is 0.273 e. The highest BCUT2D eigenvalue weighted by molar-refractivity contribution is 5.87. The van der Waals surface area contributed by atoms with Gasteiger partial charge in [-0.2, -0.15) is 0 Å². The van der Waals surface area contributed by atoms with Gasteiger partial charge in [0.25, 0.3) is 0 Å². The molecule has 1 heterocycles. The Kier molecular flexibility index (Phi) is 2.08. The lowest BCUT2D eigenvalue weighted by Gasteiger charge is -2.24. The van der Waals surface area contributed by atoms with Gasteiger partial charge in [-0.1, -0.05) is 20.8 Å². The molecule has 1 rings (SSSR count). The van der Waals surface area contributed by atoms with Crippen LogP contribution in [0.4, 0.5) is 0 Å². The lowest BCUT2D eigenvalue weighted by molar-refractivity contribution is -0.143. The van der Waals surface area contributed by atoms with E-state index in [1.54, 1.807) is 0 Å². The number of carbonyl (C=O) groups is 2. The van der Waals surface area contributed by atoms with E-state index < -0.39 is 5.41 Å². The summed E-state index contributed by atoms with van der Waals surface area (Å²) in [6, 6.07) is 0. The van der Waals surface area contributed by atoms with Gasteiger partial charge in [0.05, 0.1) is 6.54 Å². The van der Waals surface area contributed by atoms with Gasteiger partial charge < -0.3 is 0 Å². The Balaban J connectivity index is 2.61. The molecule has 0 spiro atoms. The molecule has 4 nitrogen and oxygen atoms in total. The summed E-state index contributed by atoms with van der Waals surface area (Å²) in [5, 5.41) is 1.39. The lowest BCUT2D eigenvalue weighted by atomic mass is 9.95. The zero-order valence-electron chi connectivity index (χ0n) is 7.68. The molecule has 0 aliphatic carbocycles. The van der Waals surface area contributed by atoms with Crippen molar-refractivity contribution in [3.05, 3.63) is 0 Å². The second kappa shape index (κ2) is 2.77. The number of hydrogen-bond acceptors (Lipinski definition) is 2. The molecule has 1 aliphatic heterocycles. The average Bonchev–Trinajstić information content (AvgIpc) is 2.32. The molecule has 2 amide bonds. The number of nitrogens with one attached hydrogen (secondary N) is 1. The van der Waals surface area contributed by atoms with Gasteiger partial charge in [-0.05, 0) is 0 Å². The number of amides is 2. The predicted molar refractivity (Wildman–Crippen MR) is 43.9 cm³/mol. The second-order valence-electron chi connectivity index (χ2n) is 3.99. The molecular weight excluding hydrogens is 156 g/mol. The van der Waals surface area contributed by atoms with Gasteiger partial charge in [0, 0.05) is 11.8 Å². The molecule has 0 aromatic rings.